The number of aromatic nitrogens is 2. The third-order valence-electron chi connectivity index (χ3n) is 5.09. The van der Waals surface area contributed by atoms with Gasteiger partial charge in [0, 0.05) is 30.3 Å². The molecule has 12 heteroatoms. The summed E-state index contributed by atoms with van der Waals surface area (Å²) in [6.07, 6.45) is 3.39. The fourth-order valence-corrected chi connectivity index (χ4v) is 5.79. The van der Waals surface area contributed by atoms with Crippen LogP contribution in [0.3, 0.4) is 0 Å². The summed E-state index contributed by atoms with van der Waals surface area (Å²) in [7, 11) is -3.55. The molecule has 0 fully saturated rings. The standard InChI is InChI=1S/C23H32N6O3S3/c1-17-5-7-18(8-6-17)35(31,32)27-14-9-21-28-20(16-33-21)23-29-19(15-34-23)22(30)26-13-4-12-25-11-3-2-10-24/h5-8,15-16,25,27H,2-4,9-14,24H2,1H3,(H,26,30). The van der Waals surface area contributed by atoms with Gasteiger partial charge in [-0.05, 0) is 58.0 Å². The van der Waals surface area contributed by atoms with Crippen molar-refractivity contribution in [1.29, 1.82) is 0 Å². The molecule has 1 aromatic carbocycles. The molecule has 0 aliphatic carbocycles. The first-order valence-electron chi connectivity index (χ1n) is 11.5. The lowest BCUT2D eigenvalue weighted by molar-refractivity contribution is 0.0949. The quantitative estimate of drug-likeness (QED) is 0.219. The molecule has 9 nitrogen and oxygen atoms in total. The van der Waals surface area contributed by atoms with Gasteiger partial charge in [-0.25, -0.2) is 23.1 Å². The maximum absolute atomic E-state index is 12.4. The van der Waals surface area contributed by atoms with Gasteiger partial charge in [-0.1, -0.05) is 17.7 Å². The lowest BCUT2D eigenvalue weighted by Gasteiger charge is -2.06. The fraction of sp³-hybridized carbons (Fsp3) is 0.435. The van der Waals surface area contributed by atoms with Gasteiger partial charge < -0.3 is 16.4 Å². The van der Waals surface area contributed by atoms with E-state index >= 15 is 0 Å². The van der Waals surface area contributed by atoms with Crippen molar-refractivity contribution in [2.24, 2.45) is 5.73 Å². The number of nitrogens with two attached hydrogens (primary N) is 1. The Morgan fingerprint density at radius 1 is 0.971 bits per heavy atom. The van der Waals surface area contributed by atoms with Crippen LogP contribution in [-0.2, 0) is 16.4 Å². The van der Waals surface area contributed by atoms with Gasteiger partial charge >= 0.3 is 0 Å². The zero-order chi connectivity index (χ0) is 25.1. The van der Waals surface area contributed by atoms with Gasteiger partial charge in [-0.15, -0.1) is 22.7 Å². The molecule has 35 heavy (non-hydrogen) atoms. The smallest absolute Gasteiger partial charge is 0.270 e. The molecular formula is C23H32N6O3S3. The maximum Gasteiger partial charge on any atom is 0.270 e. The highest BCUT2D eigenvalue weighted by atomic mass is 32.2. The van der Waals surface area contributed by atoms with Gasteiger partial charge in [0.05, 0.1) is 9.90 Å². The molecule has 0 saturated heterocycles. The van der Waals surface area contributed by atoms with Crippen LogP contribution in [0.4, 0.5) is 0 Å². The minimum absolute atomic E-state index is 0.198. The largest absolute Gasteiger partial charge is 0.351 e. The highest BCUT2D eigenvalue weighted by Crippen LogP contribution is 2.25. The van der Waals surface area contributed by atoms with E-state index in [1.807, 2.05) is 12.3 Å². The molecule has 0 aliphatic heterocycles. The van der Waals surface area contributed by atoms with E-state index in [-0.39, 0.29) is 17.3 Å². The van der Waals surface area contributed by atoms with E-state index < -0.39 is 10.0 Å². The topological polar surface area (TPSA) is 139 Å². The number of rotatable bonds is 15. The van der Waals surface area contributed by atoms with Crippen molar-refractivity contribution in [2.45, 2.75) is 37.5 Å². The number of carbonyl (C=O) groups excluding carboxylic acids is 1. The molecule has 0 unspecified atom stereocenters. The maximum atomic E-state index is 12.4. The average molecular weight is 537 g/mol. The zero-order valence-corrected chi connectivity index (χ0v) is 22.2. The Labute approximate surface area is 214 Å². The number of aryl methyl sites for hydroxylation is 1. The summed E-state index contributed by atoms with van der Waals surface area (Å²) in [5.41, 5.74) is 7.54. The Morgan fingerprint density at radius 2 is 1.74 bits per heavy atom. The lowest BCUT2D eigenvalue weighted by Crippen LogP contribution is -2.28. The molecule has 2 aromatic heterocycles. The zero-order valence-electron chi connectivity index (χ0n) is 19.7. The highest BCUT2D eigenvalue weighted by Gasteiger charge is 2.15. The number of nitrogens with zero attached hydrogens (tertiary/aromatic N) is 2. The molecule has 2 heterocycles. The molecular weight excluding hydrogens is 504 g/mol. The molecule has 1 amide bonds. The summed E-state index contributed by atoms with van der Waals surface area (Å²) in [5.74, 6) is -0.198. The van der Waals surface area contributed by atoms with Crippen molar-refractivity contribution < 1.29 is 13.2 Å². The van der Waals surface area contributed by atoms with Gasteiger partial charge in [-0.3, -0.25) is 4.79 Å². The number of carbonyl (C=O) groups is 1. The number of hydrogen-bond donors (Lipinski definition) is 4. The van der Waals surface area contributed by atoms with Crippen LogP contribution in [-0.4, -0.2) is 57.0 Å². The Morgan fingerprint density at radius 3 is 2.51 bits per heavy atom. The normalized spacial score (nSPS) is 11.6. The number of nitrogens with one attached hydrogen (secondary N) is 3. The van der Waals surface area contributed by atoms with Crippen LogP contribution in [0.2, 0.25) is 0 Å². The summed E-state index contributed by atoms with van der Waals surface area (Å²) in [5, 5.41) is 11.3. The third kappa shape index (κ3) is 8.74. The second-order valence-corrected chi connectivity index (χ2v) is 11.5. The van der Waals surface area contributed by atoms with Crippen LogP contribution >= 0.6 is 22.7 Å². The van der Waals surface area contributed by atoms with E-state index in [0.717, 1.165) is 42.9 Å². The Bertz CT molecular complexity index is 1180. The molecule has 0 saturated carbocycles. The predicted octanol–water partition coefficient (Wildman–Crippen LogP) is 2.54. The predicted molar refractivity (Wildman–Crippen MR) is 141 cm³/mol. The first kappa shape index (κ1) is 27.4. The van der Waals surface area contributed by atoms with Crippen LogP contribution in [0, 0.1) is 6.92 Å². The van der Waals surface area contributed by atoms with E-state index in [2.05, 4.69) is 25.3 Å². The van der Waals surface area contributed by atoms with Crippen molar-refractivity contribution >= 4 is 38.6 Å². The Hall–Kier alpha value is -2.22. The number of benzene rings is 1. The summed E-state index contributed by atoms with van der Waals surface area (Å²) >= 11 is 2.81. The van der Waals surface area contributed by atoms with Crippen molar-refractivity contribution in [1.82, 2.24) is 25.3 Å². The van der Waals surface area contributed by atoms with Gasteiger partial charge in [0.25, 0.3) is 5.91 Å². The van der Waals surface area contributed by atoms with Gasteiger partial charge in [-0.2, -0.15) is 0 Å². The van der Waals surface area contributed by atoms with Crippen molar-refractivity contribution in [3.05, 3.63) is 51.3 Å². The number of hydrogen-bond acceptors (Lipinski definition) is 9. The van der Waals surface area contributed by atoms with E-state index in [9.17, 15) is 13.2 Å². The molecule has 3 aromatic rings. The van der Waals surface area contributed by atoms with Crippen molar-refractivity contribution in [3.8, 4) is 10.7 Å². The second kappa shape index (κ2) is 13.8. The van der Waals surface area contributed by atoms with Crippen LogP contribution in [0.5, 0.6) is 0 Å². The monoisotopic (exact) mass is 536 g/mol. The molecule has 0 spiro atoms. The molecule has 0 aliphatic rings. The minimum Gasteiger partial charge on any atom is -0.351 e. The Balaban J connectivity index is 1.42. The fourth-order valence-electron chi connectivity index (χ4n) is 3.14. The summed E-state index contributed by atoms with van der Waals surface area (Å²) in [4.78, 5) is 21.6. The van der Waals surface area contributed by atoms with Gasteiger partial charge in [0.2, 0.25) is 10.0 Å². The number of unbranched alkanes of at least 4 members (excludes halogenated alkanes) is 1. The van der Waals surface area contributed by atoms with Crippen LogP contribution in [0.15, 0.2) is 39.9 Å². The summed E-state index contributed by atoms with van der Waals surface area (Å²) < 4.78 is 27.4. The van der Waals surface area contributed by atoms with Crippen LogP contribution in [0.1, 0.15) is 40.3 Å². The van der Waals surface area contributed by atoms with E-state index in [1.165, 1.54) is 22.7 Å². The minimum atomic E-state index is -3.55. The highest BCUT2D eigenvalue weighted by molar-refractivity contribution is 7.89. The molecule has 5 N–H and O–H groups in total. The van der Waals surface area contributed by atoms with Crippen molar-refractivity contribution in [2.75, 3.05) is 32.7 Å². The number of amides is 1. The molecule has 190 valence electrons. The molecule has 3 rings (SSSR count). The number of sulfonamides is 1. The number of thiazole rings is 2. The first-order valence-corrected chi connectivity index (χ1v) is 14.8. The van der Waals surface area contributed by atoms with E-state index in [4.69, 9.17) is 5.73 Å². The first-order chi connectivity index (χ1) is 16.9. The Kier molecular flexibility index (Phi) is 10.8. The van der Waals surface area contributed by atoms with Crippen LogP contribution < -0.4 is 21.1 Å². The van der Waals surface area contributed by atoms with Crippen LogP contribution in [0.25, 0.3) is 10.7 Å². The molecule has 0 bridgehead atoms. The molecule has 0 radical (unpaired) electrons. The van der Waals surface area contributed by atoms with E-state index in [0.29, 0.717) is 35.9 Å². The third-order valence-corrected chi connectivity index (χ3v) is 8.34. The lowest BCUT2D eigenvalue weighted by atomic mass is 10.2. The molecule has 0 atom stereocenters. The second-order valence-electron chi connectivity index (χ2n) is 7.98. The SMILES string of the molecule is Cc1ccc(S(=O)(=O)NCCc2nc(-c3nc(C(=O)NCCCNCCCCN)cs3)cs2)cc1. The average Bonchev–Trinajstić information content (AvgIpc) is 3.51. The van der Waals surface area contributed by atoms with E-state index in [1.54, 1.807) is 29.6 Å². The summed E-state index contributed by atoms with van der Waals surface area (Å²) in [6.45, 7) is 5.23. The van der Waals surface area contributed by atoms with Gasteiger partial charge in [0.15, 0.2) is 0 Å². The van der Waals surface area contributed by atoms with Gasteiger partial charge in [0.1, 0.15) is 16.4 Å². The summed E-state index contributed by atoms with van der Waals surface area (Å²) in [6, 6.07) is 6.73. The van der Waals surface area contributed by atoms with Crippen molar-refractivity contribution in [3.63, 3.8) is 0 Å².